The van der Waals surface area contributed by atoms with Crippen molar-refractivity contribution in [2.75, 3.05) is 0 Å². The molecule has 1 aliphatic rings. The van der Waals surface area contributed by atoms with Crippen LogP contribution in [0.4, 0.5) is 0 Å². The molecular formula is C15H22O3S. The molecule has 2 unspecified atom stereocenters. The molecule has 0 aliphatic heterocycles. The van der Waals surface area contributed by atoms with Crippen molar-refractivity contribution in [1.82, 2.24) is 0 Å². The van der Waals surface area contributed by atoms with Crippen molar-refractivity contribution in [1.29, 1.82) is 0 Å². The van der Waals surface area contributed by atoms with Gasteiger partial charge in [0.05, 0.1) is 16.2 Å². The van der Waals surface area contributed by atoms with Crippen molar-refractivity contribution < 1.29 is 13.5 Å². The highest BCUT2D eigenvalue weighted by molar-refractivity contribution is 7.92. The number of sulfone groups is 1. The Hall–Kier alpha value is -0.870. The monoisotopic (exact) mass is 282 g/mol. The topological polar surface area (TPSA) is 54.4 Å². The number of hydrogen-bond donors (Lipinski definition) is 1. The number of hydrogen-bond acceptors (Lipinski definition) is 3. The Morgan fingerprint density at radius 3 is 2.42 bits per heavy atom. The molecule has 2 atom stereocenters. The molecule has 0 radical (unpaired) electrons. The van der Waals surface area contributed by atoms with Gasteiger partial charge in [0.25, 0.3) is 0 Å². The van der Waals surface area contributed by atoms with Crippen LogP contribution in [-0.4, -0.2) is 24.9 Å². The van der Waals surface area contributed by atoms with Crippen LogP contribution in [-0.2, 0) is 9.84 Å². The molecule has 1 fully saturated rings. The highest BCUT2D eigenvalue weighted by Crippen LogP contribution is 2.29. The van der Waals surface area contributed by atoms with Crippen LogP contribution < -0.4 is 0 Å². The van der Waals surface area contributed by atoms with E-state index in [0.29, 0.717) is 17.7 Å². The maximum absolute atomic E-state index is 12.7. The van der Waals surface area contributed by atoms with E-state index in [-0.39, 0.29) is 0 Å². The Morgan fingerprint density at radius 2 is 1.74 bits per heavy atom. The first-order valence-electron chi connectivity index (χ1n) is 6.92. The van der Waals surface area contributed by atoms with Crippen LogP contribution >= 0.6 is 0 Å². The molecule has 0 saturated heterocycles. The molecule has 0 amide bonds. The van der Waals surface area contributed by atoms with Gasteiger partial charge in [-0.2, -0.15) is 0 Å². The average molecular weight is 282 g/mol. The number of aryl methyl sites for hydroxylation is 2. The third-order valence-corrected chi connectivity index (χ3v) is 6.38. The van der Waals surface area contributed by atoms with Crippen LogP contribution in [0.25, 0.3) is 0 Å². The van der Waals surface area contributed by atoms with E-state index in [0.717, 1.165) is 30.4 Å². The molecule has 1 N–H and O–H groups in total. The van der Waals surface area contributed by atoms with Crippen LogP contribution in [0.3, 0.4) is 0 Å². The zero-order chi connectivity index (χ0) is 14.0. The molecule has 106 valence electrons. The zero-order valence-electron chi connectivity index (χ0n) is 11.6. The normalized spacial score (nSPS) is 25.0. The minimum absolute atomic E-state index is 0.349. The average Bonchev–Trinajstić information content (AvgIpc) is 2.57. The van der Waals surface area contributed by atoms with Crippen molar-refractivity contribution in [3.8, 4) is 0 Å². The van der Waals surface area contributed by atoms with Gasteiger partial charge < -0.3 is 5.11 Å². The first-order valence-corrected chi connectivity index (χ1v) is 8.47. The first kappa shape index (κ1) is 14.5. The predicted octanol–water partition coefficient (Wildman–Crippen LogP) is 2.77. The lowest BCUT2D eigenvalue weighted by atomic mass is 10.1. The fourth-order valence-electron chi connectivity index (χ4n) is 2.68. The summed E-state index contributed by atoms with van der Waals surface area (Å²) in [4.78, 5) is 0.349. The molecule has 2 rings (SSSR count). The van der Waals surface area contributed by atoms with Gasteiger partial charge in [-0.15, -0.1) is 0 Å². The van der Waals surface area contributed by atoms with Gasteiger partial charge in [-0.3, -0.25) is 0 Å². The van der Waals surface area contributed by atoms with Gasteiger partial charge >= 0.3 is 0 Å². The summed E-state index contributed by atoms with van der Waals surface area (Å²) in [6.45, 7) is 3.88. The summed E-state index contributed by atoms with van der Waals surface area (Å²) >= 11 is 0. The molecule has 19 heavy (non-hydrogen) atoms. The summed E-state index contributed by atoms with van der Waals surface area (Å²) in [7, 11) is -3.42. The van der Waals surface area contributed by atoms with E-state index >= 15 is 0 Å². The lowest BCUT2D eigenvalue weighted by Gasteiger charge is -2.21. The highest BCUT2D eigenvalue weighted by atomic mass is 32.2. The standard InChI is InChI=1S/C15H22O3S/c1-11-8-9-13(10-12(11)2)19(17,18)15-7-5-3-4-6-14(15)16/h8-10,14-16H,3-7H2,1-2H3. The fourth-order valence-corrected chi connectivity index (χ4v) is 4.66. The van der Waals surface area contributed by atoms with Crippen molar-refractivity contribution >= 4 is 9.84 Å². The molecule has 3 nitrogen and oxygen atoms in total. The molecule has 1 aromatic carbocycles. The van der Waals surface area contributed by atoms with Crippen LogP contribution in [0.5, 0.6) is 0 Å². The van der Waals surface area contributed by atoms with Crippen molar-refractivity contribution in [2.24, 2.45) is 0 Å². The lowest BCUT2D eigenvalue weighted by molar-refractivity contribution is 0.160. The Bertz CT molecular complexity index is 549. The van der Waals surface area contributed by atoms with Gasteiger partial charge in [0.2, 0.25) is 0 Å². The highest BCUT2D eigenvalue weighted by Gasteiger charge is 2.34. The number of benzene rings is 1. The Kier molecular flexibility index (Phi) is 4.31. The minimum Gasteiger partial charge on any atom is -0.392 e. The third-order valence-electron chi connectivity index (χ3n) is 4.12. The molecule has 0 aromatic heterocycles. The second kappa shape index (κ2) is 5.63. The van der Waals surface area contributed by atoms with E-state index in [1.165, 1.54) is 0 Å². The van der Waals surface area contributed by atoms with Gasteiger partial charge in [0.1, 0.15) is 0 Å². The molecule has 0 heterocycles. The molecule has 0 spiro atoms. The summed E-state index contributed by atoms with van der Waals surface area (Å²) in [6, 6.07) is 5.23. The Labute approximate surface area is 115 Å². The lowest BCUT2D eigenvalue weighted by Crippen LogP contribution is -2.33. The second-order valence-electron chi connectivity index (χ2n) is 5.53. The second-order valence-corrected chi connectivity index (χ2v) is 7.70. The molecule has 4 heteroatoms. The maximum atomic E-state index is 12.7. The van der Waals surface area contributed by atoms with E-state index in [2.05, 4.69) is 0 Å². The van der Waals surface area contributed by atoms with Gasteiger partial charge in [0, 0.05) is 0 Å². The first-order chi connectivity index (χ1) is 8.93. The Morgan fingerprint density at radius 1 is 1.05 bits per heavy atom. The van der Waals surface area contributed by atoms with Crippen LogP contribution in [0.2, 0.25) is 0 Å². The predicted molar refractivity (Wildman–Crippen MR) is 76.0 cm³/mol. The molecule has 0 bridgehead atoms. The smallest absolute Gasteiger partial charge is 0.183 e. The third kappa shape index (κ3) is 3.00. The van der Waals surface area contributed by atoms with Gasteiger partial charge in [-0.25, -0.2) is 8.42 Å². The quantitative estimate of drug-likeness (QED) is 0.849. The summed E-state index contributed by atoms with van der Waals surface area (Å²) in [5.41, 5.74) is 2.06. The molecule has 1 aromatic rings. The summed E-state index contributed by atoms with van der Waals surface area (Å²) < 4.78 is 25.3. The van der Waals surface area contributed by atoms with E-state index in [4.69, 9.17) is 0 Å². The fraction of sp³-hybridized carbons (Fsp3) is 0.600. The van der Waals surface area contributed by atoms with Crippen LogP contribution in [0.1, 0.15) is 43.2 Å². The molecule has 1 aliphatic carbocycles. The zero-order valence-corrected chi connectivity index (χ0v) is 12.4. The van der Waals surface area contributed by atoms with E-state index < -0.39 is 21.2 Å². The van der Waals surface area contributed by atoms with Gasteiger partial charge in [-0.05, 0) is 49.9 Å². The van der Waals surface area contributed by atoms with E-state index in [9.17, 15) is 13.5 Å². The number of rotatable bonds is 2. The van der Waals surface area contributed by atoms with Gasteiger partial charge in [-0.1, -0.05) is 25.3 Å². The van der Waals surface area contributed by atoms with Crippen LogP contribution in [0, 0.1) is 13.8 Å². The SMILES string of the molecule is Cc1ccc(S(=O)(=O)C2CCCCCC2O)cc1C. The number of aliphatic hydroxyl groups excluding tert-OH is 1. The molecular weight excluding hydrogens is 260 g/mol. The van der Waals surface area contributed by atoms with Gasteiger partial charge in [0.15, 0.2) is 9.84 Å². The van der Waals surface area contributed by atoms with E-state index in [1.54, 1.807) is 12.1 Å². The minimum atomic E-state index is -3.42. The van der Waals surface area contributed by atoms with E-state index in [1.807, 2.05) is 19.9 Å². The van der Waals surface area contributed by atoms with Crippen molar-refractivity contribution in [3.05, 3.63) is 29.3 Å². The summed E-state index contributed by atoms with van der Waals surface area (Å²) in [6.07, 6.45) is 3.24. The van der Waals surface area contributed by atoms with Crippen LogP contribution in [0.15, 0.2) is 23.1 Å². The molecule has 1 saturated carbocycles. The number of aliphatic hydroxyl groups is 1. The summed E-state index contributed by atoms with van der Waals surface area (Å²) in [5.74, 6) is 0. The van der Waals surface area contributed by atoms with Crippen molar-refractivity contribution in [2.45, 2.75) is 62.2 Å². The Balaban J connectivity index is 2.37. The maximum Gasteiger partial charge on any atom is 0.183 e. The summed E-state index contributed by atoms with van der Waals surface area (Å²) in [5, 5.41) is 9.45. The van der Waals surface area contributed by atoms with Crippen molar-refractivity contribution in [3.63, 3.8) is 0 Å². The largest absolute Gasteiger partial charge is 0.392 e.